The number of rotatable bonds is 7. The molecule has 0 bridgehead atoms. The number of nitrogens with one attached hydrogen (secondary N) is 2. The molecule has 156 valence electrons. The van der Waals surface area contributed by atoms with Gasteiger partial charge >= 0.3 is 5.97 Å². The second kappa shape index (κ2) is 8.96. The number of para-hydroxylation sites is 1. The zero-order valence-electron chi connectivity index (χ0n) is 16.7. The minimum absolute atomic E-state index is 0.0648. The first kappa shape index (κ1) is 20.5. The summed E-state index contributed by atoms with van der Waals surface area (Å²) in [5.41, 5.74) is 4.31. The van der Waals surface area contributed by atoms with Crippen molar-refractivity contribution < 1.29 is 14.7 Å². The highest BCUT2D eigenvalue weighted by Gasteiger charge is 2.34. The minimum Gasteiger partial charge on any atom is -0.480 e. The number of hydrogen-bond acceptors (Lipinski definition) is 3. The lowest BCUT2D eigenvalue weighted by Gasteiger charge is -2.31. The Morgan fingerprint density at radius 3 is 2.73 bits per heavy atom. The summed E-state index contributed by atoms with van der Waals surface area (Å²) in [7, 11) is 0. The van der Waals surface area contributed by atoms with Crippen LogP contribution in [0.25, 0.3) is 10.9 Å². The molecule has 30 heavy (non-hydrogen) atoms. The van der Waals surface area contributed by atoms with Crippen molar-refractivity contribution in [3.63, 3.8) is 0 Å². The van der Waals surface area contributed by atoms with Crippen LogP contribution in [0.5, 0.6) is 0 Å². The summed E-state index contributed by atoms with van der Waals surface area (Å²) in [5, 5.41) is 13.5. The third-order valence-corrected chi connectivity index (χ3v) is 6.54. The minimum atomic E-state index is -1.03. The SMILES string of the molecule is O=C(O)[C@H](Cc1c[nH]c2ccccc12)NC(=O)[C@H](CS)[C@@H]1CCCc2ccccc21. The highest BCUT2D eigenvalue weighted by atomic mass is 32.1. The number of aliphatic carboxylic acids is 1. The van der Waals surface area contributed by atoms with Crippen LogP contribution in [-0.2, 0) is 22.4 Å². The van der Waals surface area contributed by atoms with Gasteiger partial charge in [-0.15, -0.1) is 0 Å². The van der Waals surface area contributed by atoms with Crippen molar-refractivity contribution in [3.05, 3.63) is 71.4 Å². The molecule has 0 fully saturated rings. The fourth-order valence-electron chi connectivity index (χ4n) is 4.60. The molecule has 1 aromatic heterocycles. The molecule has 0 saturated carbocycles. The van der Waals surface area contributed by atoms with E-state index >= 15 is 0 Å². The van der Waals surface area contributed by atoms with Crippen LogP contribution in [0.1, 0.15) is 35.4 Å². The summed E-state index contributed by atoms with van der Waals surface area (Å²) in [6.07, 6.45) is 5.00. The summed E-state index contributed by atoms with van der Waals surface area (Å²) >= 11 is 4.46. The van der Waals surface area contributed by atoms with E-state index in [1.165, 1.54) is 11.1 Å². The van der Waals surface area contributed by atoms with Crippen LogP contribution in [0.4, 0.5) is 0 Å². The van der Waals surface area contributed by atoms with Crippen LogP contribution in [0.3, 0.4) is 0 Å². The fraction of sp³-hybridized carbons (Fsp3) is 0.333. The first-order valence-electron chi connectivity index (χ1n) is 10.4. The molecule has 0 saturated heterocycles. The lowest BCUT2D eigenvalue weighted by molar-refractivity contribution is -0.142. The molecule has 1 amide bonds. The number of carbonyl (C=O) groups is 2. The van der Waals surface area contributed by atoms with Crippen molar-refractivity contribution in [2.75, 3.05) is 5.75 Å². The first-order chi connectivity index (χ1) is 14.6. The predicted molar refractivity (Wildman–Crippen MR) is 121 cm³/mol. The van der Waals surface area contributed by atoms with E-state index in [0.717, 1.165) is 35.7 Å². The molecular weight excluding hydrogens is 396 g/mol. The molecule has 3 aromatic rings. The number of hydrogen-bond donors (Lipinski definition) is 4. The summed E-state index contributed by atoms with van der Waals surface area (Å²) in [4.78, 5) is 28.3. The molecule has 0 unspecified atom stereocenters. The Morgan fingerprint density at radius 2 is 1.93 bits per heavy atom. The normalized spacial score (nSPS) is 17.8. The fourth-order valence-corrected chi connectivity index (χ4v) is 5.02. The van der Waals surface area contributed by atoms with E-state index < -0.39 is 12.0 Å². The second-order valence-electron chi connectivity index (χ2n) is 7.95. The Balaban J connectivity index is 1.53. The average Bonchev–Trinajstić information content (AvgIpc) is 3.17. The van der Waals surface area contributed by atoms with E-state index in [2.05, 4.69) is 35.1 Å². The number of aromatic amines is 1. The smallest absolute Gasteiger partial charge is 0.326 e. The summed E-state index contributed by atoms with van der Waals surface area (Å²) < 4.78 is 0. The van der Waals surface area contributed by atoms with E-state index in [0.29, 0.717) is 5.75 Å². The molecule has 0 spiro atoms. The standard InChI is InChI=1S/C24H26N2O3S/c27-23(20(14-30)19-10-5-7-15-6-1-2-8-17(15)19)26-22(24(28)29)12-16-13-25-21-11-4-3-9-18(16)21/h1-4,6,8-9,11,13,19-20,22,25,30H,5,7,10,12,14H2,(H,26,27)(H,28,29)/t19-,20-,22+/m1/s1. The van der Waals surface area contributed by atoms with Crippen LogP contribution in [0.2, 0.25) is 0 Å². The number of H-pyrrole nitrogens is 1. The number of amides is 1. The van der Waals surface area contributed by atoms with Gasteiger partial charge in [0.15, 0.2) is 0 Å². The van der Waals surface area contributed by atoms with E-state index in [9.17, 15) is 14.7 Å². The van der Waals surface area contributed by atoms with Gasteiger partial charge in [0.1, 0.15) is 6.04 Å². The molecule has 1 heterocycles. The van der Waals surface area contributed by atoms with Gasteiger partial charge in [-0.1, -0.05) is 42.5 Å². The van der Waals surface area contributed by atoms with Gasteiger partial charge in [-0.3, -0.25) is 4.79 Å². The Bertz CT molecular complexity index is 1060. The summed E-state index contributed by atoms with van der Waals surface area (Å²) in [5.74, 6) is -1.19. The van der Waals surface area contributed by atoms with Crippen molar-refractivity contribution in [1.82, 2.24) is 10.3 Å². The van der Waals surface area contributed by atoms with Gasteiger partial charge in [-0.2, -0.15) is 12.6 Å². The van der Waals surface area contributed by atoms with Gasteiger partial charge in [0, 0.05) is 29.3 Å². The zero-order chi connectivity index (χ0) is 21.1. The third-order valence-electron chi connectivity index (χ3n) is 6.15. The number of thiol groups is 1. The highest BCUT2D eigenvalue weighted by Crippen LogP contribution is 2.37. The first-order valence-corrected chi connectivity index (χ1v) is 11.0. The molecule has 3 atom stereocenters. The van der Waals surface area contributed by atoms with E-state index in [-0.39, 0.29) is 24.2 Å². The van der Waals surface area contributed by atoms with Gasteiger partial charge in [-0.25, -0.2) is 4.79 Å². The molecule has 3 N–H and O–H groups in total. The van der Waals surface area contributed by atoms with Crippen molar-refractivity contribution in [2.24, 2.45) is 5.92 Å². The number of aryl methyl sites for hydroxylation is 1. The Hall–Kier alpha value is -2.73. The second-order valence-corrected chi connectivity index (χ2v) is 8.31. The Labute approximate surface area is 181 Å². The maximum Gasteiger partial charge on any atom is 0.326 e. The zero-order valence-corrected chi connectivity index (χ0v) is 17.6. The topological polar surface area (TPSA) is 82.2 Å². The Kier molecular flexibility index (Phi) is 6.13. The van der Waals surface area contributed by atoms with E-state index in [1.54, 1.807) is 0 Å². The van der Waals surface area contributed by atoms with Crippen molar-refractivity contribution >= 4 is 35.4 Å². The average molecular weight is 423 g/mol. The quantitative estimate of drug-likeness (QED) is 0.435. The van der Waals surface area contributed by atoms with Gasteiger partial charge < -0.3 is 15.4 Å². The maximum absolute atomic E-state index is 13.2. The molecule has 1 aliphatic carbocycles. The molecule has 0 aliphatic heterocycles. The molecule has 0 radical (unpaired) electrons. The van der Waals surface area contributed by atoms with Crippen molar-refractivity contribution in [3.8, 4) is 0 Å². The molecular formula is C24H26N2O3S. The lowest BCUT2D eigenvalue weighted by atomic mass is 9.76. The number of fused-ring (bicyclic) bond motifs is 2. The molecule has 4 rings (SSSR count). The highest BCUT2D eigenvalue weighted by molar-refractivity contribution is 7.80. The van der Waals surface area contributed by atoms with Gasteiger partial charge in [-0.05, 0) is 47.9 Å². The summed E-state index contributed by atoms with van der Waals surface area (Å²) in [6, 6.07) is 15.0. The molecule has 1 aliphatic rings. The van der Waals surface area contributed by atoms with Crippen LogP contribution in [0, 0.1) is 5.92 Å². The van der Waals surface area contributed by atoms with Crippen molar-refractivity contribution in [1.29, 1.82) is 0 Å². The van der Waals surface area contributed by atoms with Gasteiger partial charge in [0.05, 0.1) is 5.92 Å². The number of carboxylic acids is 1. The van der Waals surface area contributed by atoms with Crippen LogP contribution in [0.15, 0.2) is 54.7 Å². The van der Waals surface area contributed by atoms with Gasteiger partial charge in [0.2, 0.25) is 5.91 Å². The van der Waals surface area contributed by atoms with E-state index in [4.69, 9.17) is 0 Å². The lowest BCUT2D eigenvalue weighted by Crippen LogP contribution is -2.46. The number of carboxylic acid groups (broad SMARTS) is 1. The van der Waals surface area contributed by atoms with E-state index in [1.807, 2.05) is 42.6 Å². The number of benzene rings is 2. The van der Waals surface area contributed by atoms with Gasteiger partial charge in [0.25, 0.3) is 0 Å². The number of carbonyl (C=O) groups excluding carboxylic acids is 1. The van der Waals surface area contributed by atoms with Crippen LogP contribution < -0.4 is 5.32 Å². The third kappa shape index (κ3) is 4.10. The number of aromatic nitrogens is 1. The monoisotopic (exact) mass is 422 g/mol. The van der Waals surface area contributed by atoms with Crippen LogP contribution >= 0.6 is 12.6 Å². The summed E-state index contributed by atoms with van der Waals surface area (Å²) in [6.45, 7) is 0. The predicted octanol–water partition coefficient (Wildman–Crippen LogP) is 3.95. The van der Waals surface area contributed by atoms with Crippen LogP contribution in [-0.4, -0.2) is 33.8 Å². The molecule has 2 aromatic carbocycles. The maximum atomic E-state index is 13.2. The molecule has 6 heteroatoms. The van der Waals surface area contributed by atoms with Crippen molar-refractivity contribution in [2.45, 2.75) is 37.6 Å². The Morgan fingerprint density at radius 1 is 1.17 bits per heavy atom. The molecule has 5 nitrogen and oxygen atoms in total. The largest absolute Gasteiger partial charge is 0.480 e.